The van der Waals surface area contributed by atoms with E-state index in [-0.39, 0.29) is 28.9 Å². The first-order chi connectivity index (χ1) is 15.6. The van der Waals surface area contributed by atoms with Gasteiger partial charge in [-0.3, -0.25) is 14.3 Å². The summed E-state index contributed by atoms with van der Waals surface area (Å²) in [4.78, 5) is 29.1. The Morgan fingerprint density at radius 1 is 1.40 bits per heavy atom. The number of hydrogen-bond donors (Lipinski definition) is 2. The summed E-state index contributed by atoms with van der Waals surface area (Å²) in [5.74, 6) is 0.190. The van der Waals surface area contributed by atoms with Crippen LogP contribution < -0.4 is 15.4 Å². The van der Waals surface area contributed by atoms with Gasteiger partial charge in [-0.1, -0.05) is 18.5 Å². The highest BCUT2D eigenvalue weighted by Gasteiger charge is 2.30. The number of amides is 1. The molecule has 0 unspecified atom stereocenters. The van der Waals surface area contributed by atoms with E-state index in [0.717, 1.165) is 18.4 Å². The number of fused-ring (bicyclic) bond motifs is 1. The number of aromatic nitrogens is 3. The van der Waals surface area contributed by atoms with Crippen molar-refractivity contribution in [3.05, 3.63) is 35.0 Å². The van der Waals surface area contributed by atoms with Crippen molar-refractivity contribution in [2.45, 2.75) is 26.1 Å². The molecule has 0 bridgehead atoms. The van der Waals surface area contributed by atoms with Crippen molar-refractivity contribution in [3.8, 4) is 5.75 Å². The zero-order chi connectivity index (χ0) is 23.9. The molecule has 0 saturated heterocycles. The lowest BCUT2D eigenvalue weighted by Crippen LogP contribution is -2.15. The first-order valence-electron chi connectivity index (χ1n) is 10.9. The number of nitrogens with one attached hydrogen (secondary N) is 2. The second-order valence-corrected chi connectivity index (χ2v) is 7.46. The van der Waals surface area contributed by atoms with Crippen LogP contribution in [-0.4, -0.2) is 33.6 Å². The van der Waals surface area contributed by atoms with Gasteiger partial charge in [-0.2, -0.15) is 5.10 Å². The van der Waals surface area contributed by atoms with Crippen LogP contribution in [0.5, 0.6) is 5.75 Å². The Labute approximate surface area is 182 Å². The van der Waals surface area contributed by atoms with Gasteiger partial charge in [-0.15, -0.1) is 0 Å². The van der Waals surface area contributed by atoms with Crippen molar-refractivity contribution in [1.82, 2.24) is 14.8 Å². The van der Waals surface area contributed by atoms with Crippen LogP contribution >= 0.6 is 11.6 Å². The van der Waals surface area contributed by atoms with Gasteiger partial charge in [0.05, 0.1) is 34.3 Å². The minimum absolute atomic E-state index is 0.0359. The number of carbonyl (C=O) groups is 2. The highest BCUT2D eigenvalue weighted by Crippen LogP contribution is 2.39. The van der Waals surface area contributed by atoms with E-state index in [4.69, 9.17) is 20.5 Å². The van der Waals surface area contributed by atoms with Crippen molar-refractivity contribution in [2.75, 3.05) is 17.7 Å². The van der Waals surface area contributed by atoms with Crippen LogP contribution in [0.15, 0.2) is 24.4 Å². The molecule has 2 N–H and O–H groups in total. The average molecular weight is 431 g/mol. The Morgan fingerprint density at radius 2 is 2.20 bits per heavy atom. The van der Waals surface area contributed by atoms with Gasteiger partial charge in [0.15, 0.2) is 17.4 Å². The summed E-state index contributed by atoms with van der Waals surface area (Å²) < 4.78 is 29.4. The quantitative estimate of drug-likeness (QED) is 0.542. The average Bonchev–Trinajstić information content (AvgIpc) is 3.53. The van der Waals surface area contributed by atoms with Crippen LogP contribution in [0.3, 0.4) is 0 Å². The van der Waals surface area contributed by atoms with E-state index in [1.165, 1.54) is 19.4 Å². The van der Waals surface area contributed by atoms with Crippen LogP contribution in [-0.2, 0) is 11.8 Å². The number of nitrogens with zero attached hydrogens (tertiary/aromatic N) is 3. The molecule has 0 radical (unpaired) electrons. The number of ketones is 1. The standard InChI is InChI=1S/C21H22ClN5O3/c1-4-16(28)12-10-23-17(25-21(29)11-5-6-11)9-14(12)24-20-18-15(27(2)26-20)8-7-13(22)19(18)30-3/h7-11H,4-6H2,1-3H3,(H2,23,24,25,26,29)/i1D3. The van der Waals surface area contributed by atoms with Crippen molar-refractivity contribution < 1.29 is 18.4 Å². The highest BCUT2D eigenvalue weighted by molar-refractivity contribution is 6.33. The number of rotatable bonds is 7. The number of pyridine rings is 1. The molecular formula is C21H22ClN5O3. The molecule has 2 heterocycles. The molecule has 9 heteroatoms. The van der Waals surface area contributed by atoms with Gasteiger partial charge in [-0.05, 0) is 25.0 Å². The molecule has 1 saturated carbocycles. The first kappa shape index (κ1) is 16.6. The minimum Gasteiger partial charge on any atom is -0.494 e. The number of anilines is 3. The lowest BCUT2D eigenvalue weighted by Gasteiger charge is -2.13. The number of ether oxygens (including phenoxy) is 1. The lowest BCUT2D eigenvalue weighted by molar-refractivity contribution is -0.117. The van der Waals surface area contributed by atoms with Gasteiger partial charge in [0, 0.05) is 35.8 Å². The smallest absolute Gasteiger partial charge is 0.228 e. The molecule has 2 aromatic heterocycles. The van der Waals surface area contributed by atoms with Gasteiger partial charge >= 0.3 is 0 Å². The van der Waals surface area contributed by atoms with Crippen molar-refractivity contribution in [3.63, 3.8) is 0 Å². The van der Waals surface area contributed by atoms with Crippen LogP contribution in [0, 0.1) is 5.92 Å². The Hall–Kier alpha value is -3.13. The number of halogens is 1. The molecule has 30 heavy (non-hydrogen) atoms. The Balaban J connectivity index is 1.78. The zero-order valence-corrected chi connectivity index (χ0v) is 17.2. The number of methoxy groups -OCH3 is 1. The van der Waals surface area contributed by atoms with E-state index in [1.54, 1.807) is 23.9 Å². The predicted octanol–water partition coefficient (Wildman–Crippen LogP) is 4.32. The molecule has 0 atom stereocenters. The maximum atomic E-state index is 12.8. The van der Waals surface area contributed by atoms with E-state index in [1.807, 2.05) is 0 Å². The monoisotopic (exact) mass is 430 g/mol. The fourth-order valence-electron chi connectivity index (χ4n) is 3.23. The van der Waals surface area contributed by atoms with Crippen LogP contribution in [0.2, 0.25) is 5.02 Å². The fraction of sp³-hybridized carbons (Fsp3) is 0.333. The third-order valence-corrected chi connectivity index (χ3v) is 5.24. The van der Waals surface area contributed by atoms with E-state index in [9.17, 15) is 9.59 Å². The van der Waals surface area contributed by atoms with Crippen molar-refractivity contribution in [2.24, 2.45) is 13.0 Å². The molecule has 0 spiro atoms. The maximum absolute atomic E-state index is 12.8. The summed E-state index contributed by atoms with van der Waals surface area (Å²) in [6.45, 7) is -2.44. The summed E-state index contributed by atoms with van der Waals surface area (Å²) in [6, 6.07) is 4.97. The topological polar surface area (TPSA) is 98.1 Å². The number of hydrogen-bond acceptors (Lipinski definition) is 6. The number of carbonyl (C=O) groups excluding carboxylic acids is 2. The Kier molecular flexibility index (Phi) is 4.41. The number of benzene rings is 1. The summed E-state index contributed by atoms with van der Waals surface area (Å²) in [7, 11) is 3.23. The molecule has 1 fully saturated rings. The van der Waals surface area contributed by atoms with Gasteiger partial charge < -0.3 is 15.4 Å². The molecule has 8 nitrogen and oxygen atoms in total. The summed E-state index contributed by atoms with van der Waals surface area (Å²) in [5, 5.41) is 11.3. The van der Waals surface area contributed by atoms with Gasteiger partial charge in [0.2, 0.25) is 5.91 Å². The number of Topliss-reactive ketones (excluding diaryl/α,β-unsaturated/α-hetero) is 1. The first-order valence-corrected chi connectivity index (χ1v) is 9.75. The SMILES string of the molecule is [2H]C([2H])([2H])CC(=O)c1cnc(NC(=O)C2CC2)cc1Nc1nn(C)c2ccc(Cl)c(OC)c12. The Morgan fingerprint density at radius 3 is 2.90 bits per heavy atom. The number of aryl methyl sites for hydroxylation is 1. The molecule has 4 rings (SSSR count). The van der Waals surface area contributed by atoms with Gasteiger partial charge in [-0.25, -0.2) is 4.98 Å². The second kappa shape index (κ2) is 7.95. The largest absolute Gasteiger partial charge is 0.494 e. The van der Waals surface area contributed by atoms with E-state index in [0.29, 0.717) is 22.0 Å². The molecule has 3 aromatic rings. The zero-order valence-electron chi connectivity index (χ0n) is 19.5. The molecular weight excluding hydrogens is 406 g/mol. The van der Waals surface area contributed by atoms with E-state index >= 15 is 0 Å². The fourth-order valence-corrected chi connectivity index (χ4v) is 3.47. The van der Waals surface area contributed by atoms with Gasteiger partial charge in [0.1, 0.15) is 5.82 Å². The third-order valence-electron chi connectivity index (χ3n) is 4.94. The Bertz CT molecular complexity index is 1250. The van der Waals surface area contributed by atoms with E-state index in [2.05, 4.69) is 20.7 Å². The molecule has 1 aliphatic rings. The minimum atomic E-state index is -2.44. The summed E-state index contributed by atoms with van der Waals surface area (Å²) in [6.07, 6.45) is 2.25. The maximum Gasteiger partial charge on any atom is 0.228 e. The molecule has 0 aliphatic heterocycles. The molecule has 156 valence electrons. The molecule has 1 amide bonds. The molecule has 1 aliphatic carbocycles. The predicted molar refractivity (Wildman–Crippen MR) is 116 cm³/mol. The van der Waals surface area contributed by atoms with Crippen molar-refractivity contribution >= 4 is 51.5 Å². The van der Waals surface area contributed by atoms with E-state index < -0.39 is 19.1 Å². The summed E-state index contributed by atoms with van der Waals surface area (Å²) >= 11 is 6.30. The van der Waals surface area contributed by atoms with Crippen molar-refractivity contribution in [1.29, 1.82) is 0 Å². The van der Waals surface area contributed by atoms with Crippen LogP contribution in [0.4, 0.5) is 17.3 Å². The van der Waals surface area contributed by atoms with Crippen LogP contribution in [0.1, 0.15) is 40.6 Å². The van der Waals surface area contributed by atoms with Gasteiger partial charge in [0.25, 0.3) is 0 Å². The normalized spacial score (nSPS) is 15.2. The second-order valence-electron chi connectivity index (χ2n) is 7.05. The van der Waals surface area contributed by atoms with Crippen LogP contribution in [0.25, 0.3) is 10.9 Å². The third kappa shape index (κ3) is 3.70. The highest BCUT2D eigenvalue weighted by atomic mass is 35.5. The molecule has 1 aromatic carbocycles. The lowest BCUT2D eigenvalue weighted by atomic mass is 10.1. The summed E-state index contributed by atoms with van der Waals surface area (Å²) in [5.41, 5.74) is 1.05.